The minimum absolute atomic E-state index is 0.0649. The quantitative estimate of drug-likeness (QED) is 0.754. The van der Waals surface area contributed by atoms with Gasteiger partial charge in [-0.15, -0.1) is 0 Å². The van der Waals surface area contributed by atoms with E-state index in [1.54, 1.807) is 7.11 Å². The molecule has 0 radical (unpaired) electrons. The molecular weight excluding hydrogens is 204 g/mol. The van der Waals surface area contributed by atoms with Gasteiger partial charge in [0.05, 0.1) is 12.0 Å². The predicted octanol–water partition coefficient (Wildman–Crippen LogP) is 0.901. The van der Waals surface area contributed by atoms with Gasteiger partial charge in [0.25, 0.3) is 0 Å². The third-order valence-corrected chi connectivity index (χ3v) is 3.03. The predicted molar refractivity (Wildman–Crippen MR) is 64.0 cm³/mol. The zero-order valence-corrected chi connectivity index (χ0v) is 10.7. The molecule has 1 rings (SSSR count). The van der Waals surface area contributed by atoms with E-state index < -0.39 is 0 Å². The van der Waals surface area contributed by atoms with E-state index in [2.05, 4.69) is 26.1 Å². The fourth-order valence-electron chi connectivity index (χ4n) is 2.00. The SMILES string of the molecule is CO[C@H]1C[C@H](N)[C@H](C(=O)NCC(C)(C)C)C1. The maximum atomic E-state index is 11.9. The highest BCUT2D eigenvalue weighted by Crippen LogP contribution is 2.27. The number of rotatable bonds is 3. The van der Waals surface area contributed by atoms with E-state index >= 15 is 0 Å². The molecule has 1 saturated carbocycles. The van der Waals surface area contributed by atoms with Gasteiger partial charge in [0.15, 0.2) is 0 Å². The maximum absolute atomic E-state index is 11.9. The summed E-state index contributed by atoms with van der Waals surface area (Å²) in [6.45, 7) is 6.98. The monoisotopic (exact) mass is 228 g/mol. The average molecular weight is 228 g/mol. The molecule has 4 heteroatoms. The van der Waals surface area contributed by atoms with Crippen LogP contribution in [0.15, 0.2) is 0 Å². The van der Waals surface area contributed by atoms with Crippen molar-refractivity contribution in [2.24, 2.45) is 17.1 Å². The van der Waals surface area contributed by atoms with E-state index in [1.165, 1.54) is 0 Å². The first kappa shape index (κ1) is 13.5. The maximum Gasteiger partial charge on any atom is 0.224 e. The molecule has 3 atom stereocenters. The summed E-state index contributed by atoms with van der Waals surface area (Å²) in [5.74, 6) is -0.0192. The van der Waals surface area contributed by atoms with Crippen molar-refractivity contribution in [3.8, 4) is 0 Å². The Morgan fingerprint density at radius 1 is 1.44 bits per heavy atom. The van der Waals surface area contributed by atoms with E-state index in [-0.39, 0.29) is 29.4 Å². The van der Waals surface area contributed by atoms with Crippen molar-refractivity contribution in [2.45, 2.75) is 45.8 Å². The first-order valence-corrected chi connectivity index (χ1v) is 5.89. The van der Waals surface area contributed by atoms with Crippen LogP contribution in [-0.4, -0.2) is 31.7 Å². The van der Waals surface area contributed by atoms with Gasteiger partial charge in [0.2, 0.25) is 5.91 Å². The first-order chi connectivity index (χ1) is 7.33. The highest BCUT2D eigenvalue weighted by Gasteiger charge is 2.36. The van der Waals surface area contributed by atoms with Crippen LogP contribution in [0.5, 0.6) is 0 Å². The van der Waals surface area contributed by atoms with Gasteiger partial charge >= 0.3 is 0 Å². The molecule has 0 bridgehead atoms. The van der Waals surface area contributed by atoms with Gasteiger partial charge in [-0.3, -0.25) is 4.79 Å². The lowest BCUT2D eigenvalue weighted by Crippen LogP contribution is -2.41. The molecule has 0 unspecified atom stereocenters. The lowest BCUT2D eigenvalue weighted by Gasteiger charge is -2.21. The van der Waals surface area contributed by atoms with Crippen LogP contribution in [0.25, 0.3) is 0 Å². The van der Waals surface area contributed by atoms with E-state index in [0.717, 1.165) is 12.8 Å². The zero-order valence-electron chi connectivity index (χ0n) is 10.7. The van der Waals surface area contributed by atoms with Gasteiger partial charge in [-0.25, -0.2) is 0 Å². The van der Waals surface area contributed by atoms with E-state index in [1.807, 2.05) is 0 Å². The van der Waals surface area contributed by atoms with E-state index in [4.69, 9.17) is 10.5 Å². The van der Waals surface area contributed by atoms with Gasteiger partial charge < -0.3 is 15.8 Å². The Labute approximate surface area is 97.9 Å². The molecule has 3 N–H and O–H groups in total. The van der Waals surface area contributed by atoms with Gasteiger partial charge in [-0.05, 0) is 18.3 Å². The van der Waals surface area contributed by atoms with E-state index in [9.17, 15) is 4.79 Å². The molecule has 0 saturated heterocycles. The number of nitrogens with two attached hydrogens (primary N) is 1. The Kier molecular flexibility index (Phi) is 4.33. The molecule has 94 valence electrons. The van der Waals surface area contributed by atoms with Crippen LogP contribution in [0, 0.1) is 11.3 Å². The molecule has 0 aromatic heterocycles. The van der Waals surface area contributed by atoms with Crippen molar-refractivity contribution in [1.82, 2.24) is 5.32 Å². The second-order valence-electron chi connectivity index (χ2n) is 5.88. The Morgan fingerprint density at radius 2 is 2.06 bits per heavy atom. The molecule has 1 aliphatic rings. The van der Waals surface area contributed by atoms with E-state index in [0.29, 0.717) is 6.54 Å². The first-order valence-electron chi connectivity index (χ1n) is 5.89. The molecule has 16 heavy (non-hydrogen) atoms. The summed E-state index contributed by atoms with van der Waals surface area (Å²) in [6.07, 6.45) is 1.66. The third kappa shape index (κ3) is 3.76. The highest BCUT2D eigenvalue weighted by atomic mass is 16.5. The van der Waals surface area contributed by atoms with Crippen LogP contribution >= 0.6 is 0 Å². The summed E-state index contributed by atoms with van der Waals surface area (Å²) >= 11 is 0. The number of methoxy groups -OCH3 is 1. The Bertz CT molecular complexity index is 248. The number of ether oxygens (including phenoxy) is 1. The average Bonchev–Trinajstić information content (AvgIpc) is 2.55. The van der Waals surface area contributed by atoms with Crippen LogP contribution < -0.4 is 11.1 Å². The van der Waals surface area contributed by atoms with Crippen molar-refractivity contribution in [2.75, 3.05) is 13.7 Å². The van der Waals surface area contributed by atoms with Crippen molar-refractivity contribution in [3.63, 3.8) is 0 Å². The molecule has 1 aliphatic carbocycles. The van der Waals surface area contributed by atoms with Crippen LogP contribution in [0.4, 0.5) is 0 Å². The van der Waals surface area contributed by atoms with Gasteiger partial charge in [0.1, 0.15) is 0 Å². The molecule has 0 heterocycles. The number of nitrogens with one attached hydrogen (secondary N) is 1. The largest absolute Gasteiger partial charge is 0.381 e. The highest BCUT2D eigenvalue weighted by molar-refractivity contribution is 5.79. The molecule has 1 fully saturated rings. The lowest BCUT2D eigenvalue weighted by molar-refractivity contribution is -0.125. The zero-order chi connectivity index (χ0) is 12.3. The Morgan fingerprint density at radius 3 is 2.50 bits per heavy atom. The third-order valence-electron chi connectivity index (χ3n) is 3.03. The summed E-state index contributed by atoms with van der Waals surface area (Å²) in [4.78, 5) is 11.9. The summed E-state index contributed by atoms with van der Waals surface area (Å²) < 4.78 is 5.25. The number of hydrogen-bond donors (Lipinski definition) is 2. The number of carbonyl (C=O) groups excluding carboxylic acids is 1. The van der Waals surface area contributed by atoms with Crippen LogP contribution in [-0.2, 0) is 9.53 Å². The van der Waals surface area contributed by atoms with Crippen molar-refractivity contribution in [3.05, 3.63) is 0 Å². The second kappa shape index (κ2) is 5.15. The Balaban J connectivity index is 2.43. The summed E-state index contributed by atoms with van der Waals surface area (Å²) in [5.41, 5.74) is 6.05. The fraction of sp³-hybridized carbons (Fsp3) is 0.917. The number of hydrogen-bond acceptors (Lipinski definition) is 3. The molecule has 1 amide bonds. The molecular formula is C12H24N2O2. The molecule has 0 spiro atoms. The van der Waals surface area contributed by atoms with Crippen LogP contribution in [0.1, 0.15) is 33.6 Å². The van der Waals surface area contributed by atoms with Gasteiger partial charge in [0, 0.05) is 19.7 Å². The van der Waals surface area contributed by atoms with Gasteiger partial charge in [-0.1, -0.05) is 20.8 Å². The smallest absolute Gasteiger partial charge is 0.224 e. The normalized spacial score (nSPS) is 30.4. The van der Waals surface area contributed by atoms with Crippen molar-refractivity contribution in [1.29, 1.82) is 0 Å². The summed E-state index contributed by atoms with van der Waals surface area (Å²) in [5, 5.41) is 2.97. The summed E-state index contributed by atoms with van der Waals surface area (Å²) in [7, 11) is 1.67. The minimum atomic E-state index is -0.0905. The standard InChI is InChI=1S/C12H24N2O2/c1-12(2,3)7-14-11(15)9-5-8(16-4)6-10(9)13/h8-10H,5-7,13H2,1-4H3,(H,14,15)/t8-,9-,10+/m1/s1. The van der Waals surface area contributed by atoms with Crippen LogP contribution in [0.2, 0.25) is 0 Å². The molecule has 0 aliphatic heterocycles. The minimum Gasteiger partial charge on any atom is -0.381 e. The van der Waals surface area contributed by atoms with Crippen LogP contribution in [0.3, 0.4) is 0 Å². The number of amides is 1. The second-order valence-corrected chi connectivity index (χ2v) is 5.88. The fourth-order valence-corrected chi connectivity index (χ4v) is 2.00. The molecule has 0 aromatic rings. The lowest BCUT2D eigenvalue weighted by atomic mass is 9.96. The molecule has 4 nitrogen and oxygen atoms in total. The molecule has 0 aromatic carbocycles. The van der Waals surface area contributed by atoms with Crippen molar-refractivity contribution >= 4 is 5.91 Å². The topological polar surface area (TPSA) is 64.3 Å². The Hall–Kier alpha value is -0.610. The van der Waals surface area contributed by atoms with Gasteiger partial charge in [-0.2, -0.15) is 0 Å². The van der Waals surface area contributed by atoms with Crippen molar-refractivity contribution < 1.29 is 9.53 Å². The summed E-state index contributed by atoms with van der Waals surface area (Å²) in [6, 6.07) is -0.0649. The number of carbonyl (C=O) groups is 1.